The molecule has 9 nitrogen and oxygen atoms in total. The summed E-state index contributed by atoms with van der Waals surface area (Å²) in [6.07, 6.45) is -0.312. The van der Waals surface area contributed by atoms with E-state index >= 15 is 0 Å². The molecule has 1 aliphatic rings. The van der Waals surface area contributed by atoms with Crippen LogP contribution in [0, 0.1) is 0 Å². The molecule has 1 heterocycles. The lowest BCUT2D eigenvalue weighted by Crippen LogP contribution is -2.53. The van der Waals surface area contributed by atoms with E-state index in [1.54, 1.807) is 36.3 Å². The number of piperazine rings is 1. The molecule has 30 heavy (non-hydrogen) atoms. The largest absolute Gasteiger partial charge is 0.497 e. The Hall–Kier alpha value is -2.24. The molecule has 0 unspecified atom stereocenters. The first-order valence-electron chi connectivity index (χ1n) is 9.64. The van der Waals surface area contributed by atoms with Crippen LogP contribution in [-0.2, 0) is 4.74 Å². The number of carbonyl (C=O) groups is 2. The minimum Gasteiger partial charge on any atom is -0.497 e. The molecule has 0 radical (unpaired) electrons. The van der Waals surface area contributed by atoms with Crippen molar-refractivity contribution in [1.29, 1.82) is 0 Å². The van der Waals surface area contributed by atoms with E-state index < -0.39 is 5.60 Å². The van der Waals surface area contributed by atoms with Gasteiger partial charge in [-0.05, 0) is 39.0 Å². The molecule has 10 heteroatoms. The lowest BCUT2D eigenvalue weighted by atomic mass is 10.2. The SMILES string of the molecule is COc1cccc(C(=O)NCCN=C(N)N2CCN(C(=O)OC(C)(C)C)CC2)c1.I. The summed E-state index contributed by atoms with van der Waals surface area (Å²) in [5, 5.41) is 2.81. The van der Waals surface area contributed by atoms with Crippen LogP contribution >= 0.6 is 24.0 Å². The molecule has 0 bridgehead atoms. The fourth-order valence-corrected chi connectivity index (χ4v) is 2.75. The van der Waals surface area contributed by atoms with Crippen LogP contribution in [0.4, 0.5) is 4.79 Å². The van der Waals surface area contributed by atoms with E-state index in [0.29, 0.717) is 56.5 Å². The predicted molar refractivity (Wildman–Crippen MR) is 127 cm³/mol. The third-order valence-electron chi connectivity index (χ3n) is 4.26. The maximum absolute atomic E-state index is 12.2. The monoisotopic (exact) mass is 533 g/mol. The van der Waals surface area contributed by atoms with Gasteiger partial charge < -0.3 is 30.3 Å². The van der Waals surface area contributed by atoms with Gasteiger partial charge in [0.25, 0.3) is 5.91 Å². The van der Waals surface area contributed by atoms with Crippen LogP contribution in [0.5, 0.6) is 5.75 Å². The lowest BCUT2D eigenvalue weighted by molar-refractivity contribution is 0.0186. The van der Waals surface area contributed by atoms with Crippen molar-refractivity contribution < 1.29 is 19.1 Å². The smallest absolute Gasteiger partial charge is 0.410 e. The molecular formula is C20H32IN5O4. The highest BCUT2D eigenvalue weighted by Gasteiger charge is 2.26. The second-order valence-electron chi connectivity index (χ2n) is 7.68. The third-order valence-corrected chi connectivity index (χ3v) is 4.26. The Morgan fingerprint density at radius 2 is 1.80 bits per heavy atom. The van der Waals surface area contributed by atoms with Gasteiger partial charge in [0.15, 0.2) is 5.96 Å². The maximum Gasteiger partial charge on any atom is 0.410 e. The van der Waals surface area contributed by atoms with Gasteiger partial charge in [-0.2, -0.15) is 0 Å². The van der Waals surface area contributed by atoms with Crippen LogP contribution in [-0.4, -0.2) is 79.7 Å². The Labute approximate surface area is 195 Å². The molecule has 1 fully saturated rings. The molecular weight excluding hydrogens is 501 g/mol. The van der Waals surface area contributed by atoms with E-state index in [4.69, 9.17) is 15.2 Å². The van der Waals surface area contributed by atoms with Gasteiger partial charge in [-0.15, -0.1) is 24.0 Å². The van der Waals surface area contributed by atoms with E-state index in [1.165, 1.54) is 0 Å². The minimum atomic E-state index is -0.510. The predicted octanol–water partition coefficient (Wildman–Crippen LogP) is 1.91. The zero-order valence-corrected chi connectivity index (χ0v) is 20.3. The van der Waals surface area contributed by atoms with Crippen molar-refractivity contribution in [2.45, 2.75) is 26.4 Å². The fraction of sp³-hybridized carbons (Fsp3) is 0.550. The Morgan fingerprint density at radius 3 is 2.40 bits per heavy atom. The average molecular weight is 533 g/mol. The molecule has 2 rings (SSSR count). The second kappa shape index (κ2) is 11.8. The number of rotatable bonds is 5. The second-order valence-corrected chi connectivity index (χ2v) is 7.68. The minimum absolute atomic E-state index is 0. The van der Waals surface area contributed by atoms with E-state index in [0.717, 1.165) is 0 Å². The number of aliphatic imine (C=N–C) groups is 1. The van der Waals surface area contributed by atoms with Crippen molar-refractivity contribution in [3.8, 4) is 5.75 Å². The summed E-state index contributed by atoms with van der Waals surface area (Å²) in [4.78, 5) is 32.2. The molecule has 0 aliphatic carbocycles. The molecule has 0 aromatic heterocycles. The van der Waals surface area contributed by atoms with Gasteiger partial charge in [0.05, 0.1) is 13.7 Å². The summed E-state index contributed by atoms with van der Waals surface area (Å²) in [6, 6.07) is 6.95. The molecule has 0 atom stereocenters. The van der Waals surface area contributed by atoms with Gasteiger partial charge in [0.2, 0.25) is 0 Å². The van der Waals surface area contributed by atoms with E-state index in [9.17, 15) is 9.59 Å². The Bertz CT molecular complexity index is 743. The van der Waals surface area contributed by atoms with E-state index in [1.807, 2.05) is 25.7 Å². The number of hydrogen-bond acceptors (Lipinski definition) is 5. The molecule has 1 aromatic carbocycles. The van der Waals surface area contributed by atoms with Crippen molar-refractivity contribution in [3.05, 3.63) is 29.8 Å². The molecule has 0 saturated carbocycles. The van der Waals surface area contributed by atoms with Gasteiger partial charge in [0.1, 0.15) is 11.4 Å². The highest BCUT2D eigenvalue weighted by Crippen LogP contribution is 2.13. The van der Waals surface area contributed by atoms with Crippen molar-refractivity contribution in [2.75, 3.05) is 46.4 Å². The zero-order chi connectivity index (χ0) is 21.4. The first kappa shape index (κ1) is 25.8. The number of hydrogen-bond donors (Lipinski definition) is 2. The Kier molecular flexibility index (Phi) is 10.2. The van der Waals surface area contributed by atoms with Crippen molar-refractivity contribution in [1.82, 2.24) is 15.1 Å². The highest BCUT2D eigenvalue weighted by molar-refractivity contribution is 14.0. The summed E-state index contributed by atoms with van der Waals surface area (Å²) in [5.74, 6) is 0.846. The van der Waals surface area contributed by atoms with Gasteiger partial charge in [-0.1, -0.05) is 6.07 Å². The number of guanidine groups is 1. The van der Waals surface area contributed by atoms with Gasteiger partial charge in [-0.25, -0.2) is 4.79 Å². The van der Waals surface area contributed by atoms with Crippen LogP contribution in [0.15, 0.2) is 29.3 Å². The highest BCUT2D eigenvalue weighted by atomic mass is 127. The number of amides is 2. The molecule has 2 amide bonds. The average Bonchev–Trinajstić information content (AvgIpc) is 2.69. The number of nitrogens with one attached hydrogen (secondary N) is 1. The number of methoxy groups -OCH3 is 1. The quantitative estimate of drug-likeness (QED) is 0.259. The maximum atomic E-state index is 12.2. The van der Waals surface area contributed by atoms with Crippen LogP contribution in [0.3, 0.4) is 0 Å². The molecule has 1 saturated heterocycles. The van der Waals surface area contributed by atoms with Gasteiger partial charge in [-0.3, -0.25) is 9.79 Å². The van der Waals surface area contributed by atoms with Crippen molar-refractivity contribution in [3.63, 3.8) is 0 Å². The third kappa shape index (κ3) is 8.25. The van der Waals surface area contributed by atoms with Crippen LogP contribution in [0.1, 0.15) is 31.1 Å². The molecule has 3 N–H and O–H groups in total. The first-order valence-corrected chi connectivity index (χ1v) is 9.64. The first-order chi connectivity index (χ1) is 13.7. The fourth-order valence-electron chi connectivity index (χ4n) is 2.75. The normalized spacial score (nSPS) is 14.6. The molecule has 1 aliphatic heterocycles. The van der Waals surface area contributed by atoms with Crippen LogP contribution < -0.4 is 15.8 Å². The van der Waals surface area contributed by atoms with Crippen LogP contribution in [0.25, 0.3) is 0 Å². The zero-order valence-electron chi connectivity index (χ0n) is 18.0. The van der Waals surface area contributed by atoms with Gasteiger partial charge >= 0.3 is 6.09 Å². The summed E-state index contributed by atoms with van der Waals surface area (Å²) < 4.78 is 10.5. The van der Waals surface area contributed by atoms with E-state index in [2.05, 4.69) is 10.3 Å². The Balaban J connectivity index is 0.00000450. The van der Waals surface area contributed by atoms with Crippen molar-refractivity contribution >= 4 is 41.9 Å². The summed E-state index contributed by atoms with van der Waals surface area (Å²) in [6.45, 7) is 8.50. The molecule has 168 valence electrons. The summed E-state index contributed by atoms with van der Waals surface area (Å²) in [5.41, 5.74) is 6.07. The number of ether oxygens (including phenoxy) is 2. The summed E-state index contributed by atoms with van der Waals surface area (Å²) in [7, 11) is 1.56. The number of halogens is 1. The van der Waals surface area contributed by atoms with Crippen LogP contribution in [0.2, 0.25) is 0 Å². The number of nitrogens with zero attached hydrogens (tertiary/aromatic N) is 3. The molecule has 1 aromatic rings. The number of nitrogens with two attached hydrogens (primary N) is 1. The number of benzene rings is 1. The van der Waals surface area contributed by atoms with Crippen molar-refractivity contribution in [2.24, 2.45) is 10.7 Å². The standard InChI is InChI=1S/C20H31N5O4.HI/c1-20(2,3)29-19(27)25-12-10-24(11-13-25)18(21)23-9-8-22-17(26)15-6-5-7-16(14-15)28-4;/h5-7,14H,8-13H2,1-4H3,(H2,21,23)(H,22,26);1H. The van der Waals surface area contributed by atoms with E-state index in [-0.39, 0.29) is 36.0 Å². The number of carbonyl (C=O) groups excluding carboxylic acids is 2. The Morgan fingerprint density at radius 1 is 1.17 bits per heavy atom. The summed E-state index contributed by atoms with van der Waals surface area (Å²) >= 11 is 0. The molecule has 0 spiro atoms. The topological polar surface area (TPSA) is 109 Å². The lowest BCUT2D eigenvalue weighted by Gasteiger charge is -2.36. The van der Waals surface area contributed by atoms with Gasteiger partial charge in [0, 0.05) is 38.3 Å².